The summed E-state index contributed by atoms with van der Waals surface area (Å²) >= 11 is 0. The van der Waals surface area contributed by atoms with Gasteiger partial charge in [0.15, 0.2) is 0 Å². The van der Waals surface area contributed by atoms with Crippen molar-refractivity contribution in [3.8, 4) is 0 Å². The van der Waals surface area contributed by atoms with Crippen molar-refractivity contribution in [2.24, 2.45) is 0 Å². The Kier molecular flexibility index (Phi) is 8.00. The van der Waals surface area contributed by atoms with Gasteiger partial charge in [-0.15, -0.1) is 0 Å². The molecule has 1 aromatic carbocycles. The van der Waals surface area contributed by atoms with Crippen LogP contribution in [0.15, 0.2) is 47.7 Å². The van der Waals surface area contributed by atoms with E-state index in [-0.39, 0.29) is 5.91 Å². The van der Waals surface area contributed by atoms with Gasteiger partial charge in [0.1, 0.15) is 12.1 Å². The molecule has 2 rings (SSSR count). The van der Waals surface area contributed by atoms with Crippen LogP contribution in [0.25, 0.3) is 12.3 Å². The summed E-state index contributed by atoms with van der Waals surface area (Å²) in [6.07, 6.45) is 2.49. The van der Waals surface area contributed by atoms with Crippen LogP contribution in [0.4, 0.5) is 10.1 Å². The number of amides is 1. The fourth-order valence-corrected chi connectivity index (χ4v) is 3.19. The summed E-state index contributed by atoms with van der Waals surface area (Å²) in [5, 5.41) is 7.26. The number of carbonyl (C=O) groups excluding carboxylic acids is 2. The highest BCUT2D eigenvalue weighted by atomic mass is 19.1. The number of nitrogens with zero attached hydrogens (tertiary/aromatic N) is 2. The highest BCUT2D eigenvalue weighted by Crippen LogP contribution is 2.20. The Hall–Kier alpha value is -3.32. The number of nitrogens with one attached hydrogen (secondary N) is 2. The van der Waals surface area contributed by atoms with Crippen molar-refractivity contribution >= 4 is 30.2 Å². The third kappa shape index (κ3) is 5.84. The lowest BCUT2D eigenvalue weighted by Gasteiger charge is -2.23. The van der Waals surface area contributed by atoms with E-state index in [9.17, 15) is 14.0 Å². The minimum absolute atomic E-state index is 0.271. The maximum Gasteiger partial charge on any atom is 0.221 e. The molecule has 0 radical (unpaired) electrons. The maximum atomic E-state index is 13.6. The van der Waals surface area contributed by atoms with E-state index in [1.807, 2.05) is 24.1 Å². The molecule has 0 atom stereocenters. The molecule has 0 bridgehead atoms. The number of hydrogen-bond acceptors (Lipinski definition) is 5. The molecule has 1 heterocycles. The number of rotatable bonds is 8. The Labute approximate surface area is 175 Å². The fraction of sp³-hybridized carbons (Fsp3) is 0.261. The molecule has 158 valence electrons. The molecule has 2 N–H and O–H groups in total. The first kappa shape index (κ1) is 23.0. The molecule has 0 fully saturated rings. The zero-order chi connectivity index (χ0) is 22.3. The van der Waals surface area contributed by atoms with E-state index >= 15 is 0 Å². The molecule has 7 heteroatoms. The van der Waals surface area contributed by atoms with Crippen LogP contribution in [0.1, 0.15) is 19.4 Å². The van der Waals surface area contributed by atoms with Crippen LogP contribution in [0.2, 0.25) is 0 Å². The molecule has 1 aromatic heterocycles. The highest BCUT2D eigenvalue weighted by molar-refractivity contribution is 5.89. The molecular formula is C23H27FN4O2. The largest absolute Gasteiger partial charge is 0.387 e. The summed E-state index contributed by atoms with van der Waals surface area (Å²) in [6.45, 7) is 7.99. The number of aromatic nitrogens is 1. The SMILES string of the molecule is C=c1nccc/c1=C(NC)/C(CN(C)Cc1ccc(F)cc1NC(C)=O)=C(\C)C=O. The zero-order valence-electron chi connectivity index (χ0n) is 17.8. The lowest BCUT2D eigenvalue weighted by Crippen LogP contribution is -2.35. The fourth-order valence-electron chi connectivity index (χ4n) is 3.19. The lowest BCUT2D eigenvalue weighted by atomic mass is 10.0. The van der Waals surface area contributed by atoms with Crippen LogP contribution < -0.4 is 21.2 Å². The summed E-state index contributed by atoms with van der Waals surface area (Å²) in [7, 11) is 3.68. The number of allylic oxidation sites excluding steroid dienone is 1. The molecule has 0 saturated heterocycles. The van der Waals surface area contributed by atoms with Crippen molar-refractivity contribution in [3.63, 3.8) is 0 Å². The number of hydrogen-bond donors (Lipinski definition) is 2. The summed E-state index contributed by atoms with van der Waals surface area (Å²) < 4.78 is 13.6. The average Bonchev–Trinajstić information content (AvgIpc) is 2.70. The Morgan fingerprint density at radius 3 is 2.63 bits per heavy atom. The topological polar surface area (TPSA) is 74.3 Å². The van der Waals surface area contributed by atoms with Crippen LogP contribution in [-0.2, 0) is 16.1 Å². The molecule has 0 aliphatic rings. The number of anilines is 1. The number of carbonyl (C=O) groups is 2. The second-order valence-corrected chi connectivity index (χ2v) is 7.06. The quantitative estimate of drug-likeness (QED) is 0.510. The molecule has 6 nitrogen and oxygen atoms in total. The third-order valence-corrected chi connectivity index (χ3v) is 4.62. The summed E-state index contributed by atoms with van der Waals surface area (Å²) in [5.41, 5.74) is 3.34. The van der Waals surface area contributed by atoms with Crippen molar-refractivity contribution in [1.82, 2.24) is 15.2 Å². The van der Waals surface area contributed by atoms with Crippen LogP contribution in [0, 0.1) is 5.82 Å². The summed E-state index contributed by atoms with van der Waals surface area (Å²) in [4.78, 5) is 29.3. The Morgan fingerprint density at radius 1 is 1.30 bits per heavy atom. The van der Waals surface area contributed by atoms with E-state index in [1.165, 1.54) is 19.1 Å². The number of benzene rings is 1. The van der Waals surface area contributed by atoms with Gasteiger partial charge in [0.2, 0.25) is 5.91 Å². The van der Waals surface area contributed by atoms with E-state index in [4.69, 9.17) is 0 Å². The average molecular weight is 410 g/mol. The van der Waals surface area contributed by atoms with Crippen molar-refractivity contribution in [3.05, 3.63) is 69.6 Å². The van der Waals surface area contributed by atoms with Gasteiger partial charge in [-0.25, -0.2) is 4.39 Å². The Morgan fingerprint density at radius 2 is 2.03 bits per heavy atom. The van der Waals surface area contributed by atoms with Gasteiger partial charge < -0.3 is 10.6 Å². The maximum absolute atomic E-state index is 13.6. The minimum atomic E-state index is -0.423. The third-order valence-electron chi connectivity index (χ3n) is 4.62. The van der Waals surface area contributed by atoms with Gasteiger partial charge in [0, 0.05) is 49.9 Å². The van der Waals surface area contributed by atoms with Crippen molar-refractivity contribution in [2.45, 2.75) is 20.4 Å². The predicted octanol–water partition coefficient (Wildman–Crippen LogP) is 1.56. The molecule has 0 aliphatic carbocycles. The molecule has 0 spiro atoms. The monoisotopic (exact) mass is 410 g/mol. The minimum Gasteiger partial charge on any atom is -0.387 e. The van der Waals surface area contributed by atoms with Crippen LogP contribution in [-0.4, -0.2) is 42.7 Å². The number of pyridine rings is 1. The molecule has 0 aliphatic heterocycles. The summed E-state index contributed by atoms with van der Waals surface area (Å²) in [5.74, 6) is -0.694. The summed E-state index contributed by atoms with van der Waals surface area (Å²) in [6, 6.07) is 8.02. The highest BCUT2D eigenvalue weighted by Gasteiger charge is 2.15. The van der Waals surface area contributed by atoms with Crippen molar-refractivity contribution in [1.29, 1.82) is 0 Å². The lowest BCUT2D eigenvalue weighted by molar-refractivity contribution is -0.114. The van der Waals surface area contributed by atoms with Gasteiger partial charge in [0.25, 0.3) is 0 Å². The second kappa shape index (κ2) is 10.5. The van der Waals surface area contributed by atoms with E-state index in [0.717, 1.165) is 28.3 Å². The van der Waals surface area contributed by atoms with Gasteiger partial charge >= 0.3 is 0 Å². The molecular weight excluding hydrogens is 383 g/mol. The number of likely N-dealkylation sites (N-methyl/N-ethyl adjacent to an activating group) is 2. The molecule has 0 unspecified atom stereocenters. The molecule has 2 aromatic rings. The first-order valence-corrected chi connectivity index (χ1v) is 9.48. The number of halogens is 1. The predicted molar refractivity (Wildman–Crippen MR) is 117 cm³/mol. The van der Waals surface area contributed by atoms with Crippen LogP contribution in [0.3, 0.4) is 0 Å². The van der Waals surface area contributed by atoms with Gasteiger partial charge in [-0.2, -0.15) is 0 Å². The number of aldehydes is 1. The Bertz CT molecular complexity index is 1080. The molecule has 0 saturated carbocycles. The van der Waals surface area contributed by atoms with E-state index in [2.05, 4.69) is 22.2 Å². The van der Waals surface area contributed by atoms with Gasteiger partial charge in [-0.3, -0.25) is 19.5 Å². The van der Waals surface area contributed by atoms with Crippen LogP contribution >= 0.6 is 0 Å². The smallest absolute Gasteiger partial charge is 0.221 e. The van der Waals surface area contributed by atoms with Gasteiger partial charge in [0.05, 0.1) is 5.35 Å². The van der Waals surface area contributed by atoms with Gasteiger partial charge in [-0.05, 0) is 54.9 Å². The van der Waals surface area contributed by atoms with E-state index < -0.39 is 5.82 Å². The van der Waals surface area contributed by atoms with Gasteiger partial charge in [-0.1, -0.05) is 12.6 Å². The molecule has 30 heavy (non-hydrogen) atoms. The first-order chi connectivity index (χ1) is 14.3. The zero-order valence-corrected chi connectivity index (χ0v) is 17.8. The standard InChI is InChI=1S/C23H27FN4O2/c1-15(14-29)21(23(25-4)20-7-6-10-26-16(20)2)13-28(5)12-18-8-9-19(24)11-22(18)27-17(3)30/h6-11,14,25H,2,12-13H2,1,3-5H3,(H,27,30)/b21-15+,23-20+. The van der Waals surface area contributed by atoms with Crippen molar-refractivity contribution < 1.29 is 14.0 Å². The van der Waals surface area contributed by atoms with Crippen LogP contribution in [0.5, 0.6) is 0 Å². The molecule has 1 amide bonds. The Balaban J connectivity index is 2.42. The van der Waals surface area contributed by atoms with E-state index in [1.54, 1.807) is 26.2 Å². The second-order valence-electron chi connectivity index (χ2n) is 7.06. The first-order valence-electron chi connectivity index (χ1n) is 9.48. The normalized spacial score (nSPS) is 12.9. The van der Waals surface area contributed by atoms with Crippen molar-refractivity contribution in [2.75, 3.05) is 26.0 Å². The van der Waals surface area contributed by atoms with E-state index in [0.29, 0.717) is 29.7 Å².